The SMILES string of the molecule is CC(C)=NNc1nc2ccccc2n1C. The standard InChI is InChI=1S/C11H14N4/c1-8(2)13-14-11-12-9-6-4-5-7-10(9)15(11)3/h4-7H,1-3H3,(H,12,14). The fourth-order valence-electron chi connectivity index (χ4n) is 1.41. The van der Waals surface area contributed by atoms with Crippen molar-refractivity contribution in [3.8, 4) is 0 Å². The Hall–Kier alpha value is -1.84. The molecule has 78 valence electrons. The molecular formula is C11H14N4. The number of hydrogen-bond acceptors (Lipinski definition) is 3. The van der Waals surface area contributed by atoms with Gasteiger partial charge in [0, 0.05) is 12.8 Å². The molecule has 4 heteroatoms. The third-order valence-electron chi connectivity index (χ3n) is 2.17. The fraction of sp³-hybridized carbons (Fsp3) is 0.273. The van der Waals surface area contributed by atoms with Gasteiger partial charge in [-0.15, -0.1) is 0 Å². The summed E-state index contributed by atoms with van der Waals surface area (Å²) in [5.74, 6) is 0.761. The van der Waals surface area contributed by atoms with Gasteiger partial charge in [0.2, 0.25) is 5.95 Å². The summed E-state index contributed by atoms with van der Waals surface area (Å²) < 4.78 is 1.99. The molecule has 0 atom stereocenters. The maximum Gasteiger partial charge on any atom is 0.224 e. The van der Waals surface area contributed by atoms with Gasteiger partial charge in [-0.25, -0.2) is 10.4 Å². The lowest BCUT2D eigenvalue weighted by atomic mass is 10.3. The Bertz CT molecular complexity index is 506. The van der Waals surface area contributed by atoms with Crippen molar-refractivity contribution in [2.45, 2.75) is 13.8 Å². The van der Waals surface area contributed by atoms with E-state index in [0.717, 1.165) is 22.7 Å². The highest BCUT2D eigenvalue weighted by Gasteiger charge is 2.04. The molecule has 0 aliphatic carbocycles. The Kier molecular flexibility index (Phi) is 2.41. The summed E-state index contributed by atoms with van der Waals surface area (Å²) in [6.07, 6.45) is 0. The molecule has 1 N–H and O–H groups in total. The molecule has 15 heavy (non-hydrogen) atoms. The zero-order valence-corrected chi connectivity index (χ0v) is 9.15. The van der Waals surface area contributed by atoms with Gasteiger partial charge in [0.15, 0.2) is 0 Å². The summed E-state index contributed by atoms with van der Waals surface area (Å²) in [5.41, 5.74) is 5.99. The van der Waals surface area contributed by atoms with Crippen LogP contribution < -0.4 is 5.43 Å². The van der Waals surface area contributed by atoms with Crippen LogP contribution in [0.4, 0.5) is 5.95 Å². The van der Waals surface area contributed by atoms with Crippen molar-refractivity contribution in [1.82, 2.24) is 9.55 Å². The lowest BCUT2D eigenvalue weighted by Gasteiger charge is -2.00. The van der Waals surface area contributed by atoms with Gasteiger partial charge in [-0.05, 0) is 26.0 Å². The maximum atomic E-state index is 4.43. The fourth-order valence-corrected chi connectivity index (χ4v) is 1.41. The summed E-state index contributed by atoms with van der Waals surface area (Å²) in [7, 11) is 1.97. The number of nitrogens with one attached hydrogen (secondary N) is 1. The molecule has 2 rings (SSSR count). The maximum absolute atomic E-state index is 4.43. The number of imidazole rings is 1. The Balaban J connectivity index is 2.44. The molecule has 0 aliphatic rings. The molecule has 0 bridgehead atoms. The summed E-state index contributed by atoms with van der Waals surface area (Å²) in [4.78, 5) is 4.43. The molecule has 4 nitrogen and oxygen atoms in total. The molecule has 0 spiro atoms. The number of hydrazone groups is 1. The summed E-state index contributed by atoms with van der Waals surface area (Å²) >= 11 is 0. The number of hydrogen-bond donors (Lipinski definition) is 1. The zero-order valence-electron chi connectivity index (χ0n) is 9.15. The molecule has 0 amide bonds. The first-order valence-electron chi connectivity index (χ1n) is 4.87. The third kappa shape index (κ3) is 1.83. The molecule has 0 radical (unpaired) electrons. The number of rotatable bonds is 2. The van der Waals surface area contributed by atoms with Crippen molar-refractivity contribution in [3.05, 3.63) is 24.3 Å². The van der Waals surface area contributed by atoms with Gasteiger partial charge >= 0.3 is 0 Å². The first kappa shape index (κ1) is 9.71. The van der Waals surface area contributed by atoms with Crippen LogP contribution in [0.2, 0.25) is 0 Å². The van der Waals surface area contributed by atoms with E-state index in [-0.39, 0.29) is 0 Å². The van der Waals surface area contributed by atoms with Crippen molar-refractivity contribution < 1.29 is 0 Å². The monoisotopic (exact) mass is 202 g/mol. The number of fused-ring (bicyclic) bond motifs is 1. The normalized spacial score (nSPS) is 10.3. The van der Waals surface area contributed by atoms with Gasteiger partial charge in [0.05, 0.1) is 11.0 Å². The van der Waals surface area contributed by atoms with Crippen LogP contribution in [-0.4, -0.2) is 15.3 Å². The van der Waals surface area contributed by atoms with Crippen LogP contribution in [0.5, 0.6) is 0 Å². The Morgan fingerprint density at radius 3 is 2.73 bits per heavy atom. The number of para-hydroxylation sites is 2. The zero-order chi connectivity index (χ0) is 10.8. The predicted octanol–water partition coefficient (Wildman–Crippen LogP) is 2.38. The number of nitrogens with zero attached hydrogens (tertiary/aromatic N) is 3. The number of aromatic nitrogens is 2. The van der Waals surface area contributed by atoms with Gasteiger partial charge in [0.25, 0.3) is 0 Å². The van der Waals surface area contributed by atoms with Crippen LogP contribution in [0.25, 0.3) is 11.0 Å². The van der Waals surface area contributed by atoms with Crippen molar-refractivity contribution in [2.24, 2.45) is 12.1 Å². The summed E-state index contributed by atoms with van der Waals surface area (Å²) in [5, 5.41) is 4.13. The van der Waals surface area contributed by atoms with Gasteiger partial charge in [-0.2, -0.15) is 5.10 Å². The smallest absolute Gasteiger partial charge is 0.224 e. The second-order valence-corrected chi connectivity index (χ2v) is 3.65. The van der Waals surface area contributed by atoms with E-state index in [1.165, 1.54) is 0 Å². The Morgan fingerprint density at radius 2 is 2.07 bits per heavy atom. The molecule has 2 aromatic rings. The van der Waals surface area contributed by atoms with Crippen molar-refractivity contribution in [2.75, 3.05) is 5.43 Å². The van der Waals surface area contributed by atoms with E-state index in [9.17, 15) is 0 Å². The van der Waals surface area contributed by atoms with Gasteiger partial charge < -0.3 is 4.57 Å². The third-order valence-corrected chi connectivity index (χ3v) is 2.17. The van der Waals surface area contributed by atoms with E-state index in [4.69, 9.17) is 0 Å². The number of aryl methyl sites for hydroxylation is 1. The quantitative estimate of drug-likeness (QED) is 0.600. The van der Waals surface area contributed by atoms with Crippen molar-refractivity contribution in [3.63, 3.8) is 0 Å². The topological polar surface area (TPSA) is 42.2 Å². The molecule has 0 unspecified atom stereocenters. The van der Waals surface area contributed by atoms with Crippen LogP contribution in [0.1, 0.15) is 13.8 Å². The largest absolute Gasteiger partial charge is 0.312 e. The molecule has 0 saturated heterocycles. The second-order valence-electron chi connectivity index (χ2n) is 3.65. The van der Waals surface area contributed by atoms with Crippen LogP contribution in [0.15, 0.2) is 29.4 Å². The van der Waals surface area contributed by atoms with Crippen molar-refractivity contribution >= 4 is 22.7 Å². The number of benzene rings is 1. The molecule has 0 aliphatic heterocycles. The van der Waals surface area contributed by atoms with E-state index >= 15 is 0 Å². The highest BCUT2D eigenvalue weighted by Crippen LogP contribution is 2.17. The van der Waals surface area contributed by atoms with E-state index in [1.54, 1.807) is 0 Å². The van der Waals surface area contributed by atoms with Crippen LogP contribution in [0.3, 0.4) is 0 Å². The van der Waals surface area contributed by atoms with E-state index in [0.29, 0.717) is 0 Å². The minimum Gasteiger partial charge on any atom is -0.312 e. The van der Waals surface area contributed by atoms with Crippen LogP contribution in [0, 0.1) is 0 Å². The molecule has 0 fully saturated rings. The van der Waals surface area contributed by atoms with Crippen molar-refractivity contribution in [1.29, 1.82) is 0 Å². The first-order chi connectivity index (χ1) is 7.18. The molecule has 1 aromatic carbocycles. The van der Waals surface area contributed by atoms with Crippen LogP contribution in [-0.2, 0) is 7.05 Å². The van der Waals surface area contributed by atoms with E-state index in [1.807, 2.05) is 49.7 Å². The molecular weight excluding hydrogens is 188 g/mol. The molecule has 1 aromatic heterocycles. The molecule has 1 heterocycles. The van der Waals surface area contributed by atoms with Gasteiger partial charge in [0.1, 0.15) is 0 Å². The average molecular weight is 202 g/mol. The number of anilines is 1. The summed E-state index contributed by atoms with van der Waals surface area (Å²) in [6.45, 7) is 3.88. The lowest BCUT2D eigenvalue weighted by molar-refractivity contribution is 0.942. The highest BCUT2D eigenvalue weighted by molar-refractivity contribution is 5.81. The minimum atomic E-state index is 0.761. The Morgan fingerprint density at radius 1 is 1.33 bits per heavy atom. The average Bonchev–Trinajstić information content (AvgIpc) is 2.54. The predicted molar refractivity (Wildman–Crippen MR) is 63.1 cm³/mol. The van der Waals surface area contributed by atoms with Gasteiger partial charge in [-0.3, -0.25) is 0 Å². The second kappa shape index (κ2) is 3.73. The summed E-state index contributed by atoms with van der Waals surface area (Å²) in [6, 6.07) is 8.01. The van der Waals surface area contributed by atoms with E-state index < -0.39 is 0 Å². The first-order valence-corrected chi connectivity index (χ1v) is 4.87. The van der Waals surface area contributed by atoms with E-state index in [2.05, 4.69) is 15.5 Å². The highest BCUT2D eigenvalue weighted by atomic mass is 15.4. The molecule has 0 saturated carbocycles. The minimum absolute atomic E-state index is 0.761. The lowest BCUT2D eigenvalue weighted by Crippen LogP contribution is -1.99. The van der Waals surface area contributed by atoms with Gasteiger partial charge in [-0.1, -0.05) is 12.1 Å². The van der Waals surface area contributed by atoms with Crippen LogP contribution >= 0.6 is 0 Å². The Labute approximate surface area is 88.6 Å².